The predicted molar refractivity (Wildman–Crippen MR) is 62.1 cm³/mol. The van der Waals surface area contributed by atoms with Crippen LogP contribution in [0.4, 0.5) is 0 Å². The number of ether oxygens (including phenoxy) is 1. The highest BCUT2D eigenvalue weighted by Gasteiger charge is 2.46. The van der Waals surface area contributed by atoms with Crippen molar-refractivity contribution in [3.8, 4) is 0 Å². The third-order valence-corrected chi connectivity index (χ3v) is 3.52. The average Bonchev–Trinajstić information content (AvgIpc) is 2.67. The maximum absolute atomic E-state index is 11.6. The molecule has 1 aromatic rings. The van der Waals surface area contributed by atoms with Gasteiger partial charge in [-0.25, -0.2) is 4.79 Å². The summed E-state index contributed by atoms with van der Waals surface area (Å²) in [5, 5.41) is 18.7. The van der Waals surface area contributed by atoms with Gasteiger partial charge in [0.25, 0.3) is 5.56 Å². The number of nitrogens with one attached hydrogen (secondary N) is 1. The highest BCUT2D eigenvalue weighted by molar-refractivity contribution is 4.94. The molecule has 0 radical (unpaired) electrons. The lowest BCUT2D eigenvalue weighted by molar-refractivity contribution is -0.134. The molecule has 0 spiro atoms. The van der Waals surface area contributed by atoms with Crippen molar-refractivity contribution < 1.29 is 14.9 Å². The van der Waals surface area contributed by atoms with E-state index in [2.05, 4.69) is 4.98 Å². The number of aromatic amines is 1. The first-order chi connectivity index (χ1) is 8.52. The van der Waals surface area contributed by atoms with E-state index in [9.17, 15) is 19.8 Å². The SMILES string of the molecule is C[C@@H]1C[C@H](n2ccc(=O)[nH]c2=O)OC1(CO)CO. The molecule has 7 heteroatoms. The molecule has 100 valence electrons. The van der Waals surface area contributed by atoms with Crippen molar-refractivity contribution in [2.75, 3.05) is 13.2 Å². The number of aliphatic hydroxyl groups excluding tert-OH is 2. The molecule has 2 atom stereocenters. The van der Waals surface area contributed by atoms with Crippen LogP contribution < -0.4 is 11.2 Å². The molecule has 0 amide bonds. The molecule has 0 unspecified atom stereocenters. The Morgan fingerprint density at radius 3 is 2.67 bits per heavy atom. The first-order valence-corrected chi connectivity index (χ1v) is 5.73. The van der Waals surface area contributed by atoms with E-state index in [-0.39, 0.29) is 19.1 Å². The standard InChI is InChI=1S/C11H16N2O5/c1-7-4-9(18-11(7,5-14)6-15)13-3-2-8(16)12-10(13)17/h2-3,7,9,14-15H,4-6H2,1H3,(H,12,16,17)/t7-,9-/m1/s1. The van der Waals surface area contributed by atoms with Crippen molar-refractivity contribution in [2.45, 2.75) is 25.2 Å². The van der Waals surface area contributed by atoms with Crippen molar-refractivity contribution in [3.63, 3.8) is 0 Å². The van der Waals surface area contributed by atoms with Crippen LogP contribution in [-0.4, -0.2) is 38.6 Å². The van der Waals surface area contributed by atoms with Crippen molar-refractivity contribution in [1.29, 1.82) is 0 Å². The molecule has 1 aliphatic rings. The zero-order valence-electron chi connectivity index (χ0n) is 10.00. The van der Waals surface area contributed by atoms with Crippen LogP contribution in [0.1, 0.15) is 19.6 Å². The van der Waals surface area contributed by atoms with Crippen molar-refractivity contribution >= 4 is 0 Å². The number of nitrogens with zero attached hydrogens (tertiary/aromatic N) is 1. The van der Waals surface area contributed by atoms with Crippen LogP contribution in [0.15, 0.2) is 21.9 Å². The lowest BCUT2D eigenvalue weighted by atomic mass is 9.90. The second-order valence-corrected chi connectivity index (χ2v) is 4.61. The third-order valence-electron chi connectivity index (χ3n) is 3.52. The van der Waals surface area contributed by atoms with Gasteiger partial charge in [-0.2, -0.15) is 0 Å². The van der Waals surface area contributed by atoms with Crippen molar-refractivity contribution in [1.82, 2.24) is 9.55 Å². The Balaban J connectivity index is 2.32. The summed E-state index contributed by atoms with van der Waals surface area (Å²) in [4.78, 5) is 24.7. The monoisotopic (exact) mass is 256 g/mol. The molecular formula is C11H16N2O5. The largest absolute Gasteiger partial charge is 0.393 e. The number of aromatic nitrogens is 2. The minimum absolute atomic E-state index is 0.101. The zero-order chi connectivity index (χ0) is 13.3. The first kappa shape index (κ1) is 13.0. The molecule has 3 N–H and O–H groups in total. The number of hydrogen-bond acceptors (Lipinski definition) is 5. The quantitative estimate of drug-likeness (QED) is 0.631. The Bertz CT molecular complexity index is 531. The van der Waals surface area contributed by atoms with Gasteiger partial charge in [-0.3, -0.25) is 14.3 Å². The summed E-state index contributed by atoms with van der Waals surface area (Å²) >= 11 is 0. The van der Waals surface area contributed by atoms with Gasteiger partial charge in [0.2, 0.25) is 0 Å². The molecular weight excluding hydrogens is 240 g/mol. The highest BCUT2D eigenvalue weighted by atomic mass is 16.6. The Hall–Kier alpha value is -1.44. The van der Waals surface area contributed by atoms with Crippen molar-refractivity contribution in [2.24, 2.45) is 5.92 Å². The zero-order valence-corrected chi connectivity index (χ0v) is 10.00. The average molecular weight is 256 g/mol. The first-order valence-electron chi connectivity index (χ1n) is 5.73. The van der Waals surface area contributed by atoms with Gasteiger partial charge in [-0.1, -0.05) is 6.92 Å². The van der Waals surface area contributed by atoms with Gasteiger partial charge >= 0.3 is 5.69 Å². The van der Waals surface area contributed by atoms with E-state index in [4.69, 9.17) is 4.74 Å². The van der Waals surface area contributed by atoms with Gasteiger partial charge in [0.05, 0.1) is 13.2 Å². The topological polar surface area (TPSA) is 105 Å². The molecule has 0 saturated carbocycles. The van der Waals surface area contributed by atoms with Gasteiger partial charge in [-0.05, 0) is 12.3 Å². The van der Waals surface area contributed by atoms with Gasteiger partial charge in [0.1, 0.15) is 11.8 Å². The fraction of sp³-hybridized carbons (Fsp3) is 0.636. The van der Waals surface area contributed by atoms with Crippen LogP contribution in [0.5, 0.6) is 0 Å². The summed E-state index contributed by atoms with van der Waals surface area (Å²) in [6.07, 6.45) is 1.24. The Labute approximate surface area is 103 Å². The summed E-state index contributed by atoms with van der Waals surface area (Å²) in [6, 6.07) is 1.23. The van der Waals surface area contributed by atoms with Gasteiger partial charge in [-0.15, -0.1) is 0 Å². The van der Waals surface area contributed by atoms with Crippen LogP contribution in [0, 0.1) is 5.92 Å². The molecule has 0 aromatic carbocycles. The van der Waals surface area contributed by atoms with Gasteiger partial charge in [0, 0.05) is 12.3 Å². The Morgan fingerprint density at radius 2 is 2.17 bits per heavy atom. The molecule has 18 heavy (non-hydrogen) atoms. The van der Waals surface area contributed by atoms with E-state index >= 15 is 0 Å². The van der Waals surface area contributed by atoms with Crippen LogP contribution in [0.2, 0.25) is 0 Å². The summed E-state index contributed by atoms with van der Waals surface area (Å²) in [6.45, 7) is 1.20. The normalized spacial score (nSPS) is 26.4. The second-order valence-electron chi connectivity index (χ2n) is 4.61. The lowest BCUT2D eigenvalue weighted by Crippen LogP contribution is -2.42. The lowest BCUT2D eigenvalue weighted by Gasteiger charge is -2.28. The maximum atomic E-state index is 11.6. The summed E-state index contributed by atoms with van der Waals surface area (Å²) in [5.41, 5.74) is -2.08. The summed E-state index contributed by atoms with van der Waals surface area (Å²) in [5.74, 6) is -0.101. The van der Waals surface area contributed by atoms with E-state index in [1.54, 1.807) is 0 Å². The molecule has 1 saturated heterocycles. The van der Waals surface area contributed by atoms with Crippen LogP contribution in [0.3, 0.4) is 0 Å². The van der Waals surface area contributed by atoms with Crippen LogP contribution >= 0.6 is 0 Å². The van der Waals surface area contributed by atoms with E-state index in [1.807, 2.05) is 6.92 Å². The molecule has 2 heterocycles. The van der Waals surface area contributed by atoms with E-state index in [0.29, 0.717) is 6.42 Å². The summed E-state index contributed by atoms with van der Waals surface area (Å²) < 4.78 is 6.86. The molecule has 0 aliphatic carbocycles. The fourth-order valence-electron chi connectivity index (χ4n) is 2.21. The third kappa shape index (κ3) is 2.00. The fourth-order valence-corrected chi connectivity index (χ4v) is 2.21. The predicted octanol–water partition coefficient (Wildman–Crippen LogP) is -1.19. The molecule has 1 aromatic heterocycles. The molecule has 2 rings (SSSR count). The number of hydrogen-bond donors (Lipinski definition) is 3. The highest BCUT2D eigenvalue weighted by Crippen LogP contribution is 2.39. The molecule has 1 fully saturated rings. The number of rotatable bonds is 3. The molecule has 0 bridgehead atoms. The second kappa shape index (κ2) is 4.68. The smallest absolute Gasteiger partial charge is 0.330 e. The van der Waals surface area contributed by atoms with Crippen LogP contribution in [0.25, 0.3) is 0 Å². The Kier molecular flexibility index (Phi) is 3.38. The molecule has 1 aliphatic heterocycles. The molecule has 7 nitrogen and oxygen atoms in total. The minimum atomic E-state index is -1.04. The van der Waals surface area contributed by atoms with Gasteiger partial charge < -0.3 is 14.9 Å². The van der Waals surface area contributed by atoms with E-state index in [0.717, 1.165) is 0 Å². The Morgan fingerprint density at radius 1 is 1.50 bits per heavy atom. The maximum Gasteiger partial charge on any atom is 0.330 e. The minimum Gasteiger partial charge on any atom is -0.393 e. The van der Waals surface area contributed by atoms with E-state index < -0.39 is 23.1 Å². The summed E-state index contributed by atoms with van der Waals surface area (Å²) in [7, 11) is 0. The van der Waals surface area contributed by atoms with Gasteiger partial charge in [0.15, 0.2) is 0 Å². The van der Waals surface area contributed by atoms with Crippen molar-refractivity contribution in [3.05, 3.63) is 33.1 Å². The van der Waals surface area contributed by atoms with Crippen LogP contribution in [-0.2, 0) is 4.74 Å². The number of H-pyrrole nitrogens is 1. The van der Waals surface area contributed by atoms with E-state index in [1.165, 1.54) is 16.8 Å². The number of aliphatic hydroxyl groups is 2.